The standard InChI is InChI=1S/C20H35N3O3Si/c1-7-13-25-19(24)23-15-18(26-27(5,6)20(2,3)4)14-17(23)9-8-11-22-12-10-21-16-22/h7,10,12,16-18H,1,8-9,11,13-15H2,2-6H3. The van der Waals surface area contributed by atoms with Crippen molar-refractivity contribution in [1.82, 2.24) is 14.5 Å². The molecule has 0 spiro atoms. The molecule has 0 N–H and O–H groups in total. The number of carbonyl (C=O) groups excluding carboxylic acids is 1. The minimum absolute atomic E-state index is 0.0837. The fraction of sp³-hybridized carbons (Fsp3) is 0.700. The summed E-state index contributed by atoms with van der Waals surface area (Å²) in [5.41, 5.74) is 0. The average molecular weight is 394 g/mol. The van der Waals surface area contributed by atoms with Gasteiger partial charge in [0.15, 0.2) is 8.32 Å². The van der Waals surface area contributed by atoms with E-state index >= 15 is 0 Å². The molecule has 2 unspecified atom stereocenters. The zero-order valence-corrected chi connectivity index (χ0v) is 18.5. The summed E-state index contributed by atoms with van der Waals surface area (Å²) in [7, 11) is -1.87. The lowest BCUT2D eigenvalue weighted by molar-refractivity contribution is 0.101. The van der Waals surface area contributed by atoms with Crippen molar-refractivity contribution >= 4 is 14.4 Å². The maximum absolute atomic E-state index is 12.5. The first-order chi connectivity index (χ1) is 12.6. The quantitative estimate of drug-likeness (QED) is 0.484. The zero-order valence-electron chi connectivity index (χ0n) is 17.5. The lowest BCUT2D eigenvalue weighted by atomic mass is 10.1. The molecular weight excluding hydrogens is 358 g/mol. The molecule has 0 aliphatic carbocycles. The summed E-state index contributed by atoms with van der Waals surface area (Å²) in [6.07, 6.45) is 9.80. The third kappa shape index (κ3) is 5.94. The minimum Gasteiger partial charge on any atom is -0.445 e. The molecule has 2 heterocycles. The van der Waals surface area contributed by atoms with Gasteiger partial charge in [-0.2, -0.15) is 0 Å². The summed E-state index contributed by atoms with van der Waals surface area (Å²) in [6, 6.07) is 0.153. The fourth-order valence-corrected chi connectivity index (χ4v) is 4.55. The maximum Gasteiger partial charge on any atom is 0.410 e. The van der Waals surface area contributed by atoms with Crippen molar-refractivity contribution in [1.29, 1.82) is 0 Å². The fourth-order valence-electron chi connectivity index (χ4n) is 3.19. The van der Waals surface area contributed by atoms with Gasteiger partial charge in [0.2, 0.25) is 0 Å². The highest BCUT2D eigenvalue weighted by molar-refractivity contribution is 6.74. The Morgan fingerprint density at radius 2 is 2.15 bits per heavy atom. The molecule has 152 valence electrons. The Morgan fingerprint density at radius 1 is 1.41 bits per heavy atom. The first-order valence-electron chi connectivity index (χ1n) is 9.82. The second kappa shape index (κ2) is 9.06. The molecule has 6 nitrogen and oxygen atoms in total. The number of amides is 1. The van der Waals surface area contributed by atoms with Crippen LogP contribution in [0.5, 0.6) is 0 Å². The van der Waals surface area contributed by atoms with Crippen LogP contribution in [0, 0.1) is 0 Å². The normalized spacial score (nSPS) is 20.7. The number of ether oxygens (including phenoxy) is 1. The summed E-state index contributed by atoms with van der Waals surface area (Å²) in [4.78, 5) is 18.4. The van der Waals surface area contributed by atoms with Crippen molar-refractivity contribution in [2.75, 3.05) is 13.2 Å². The molecule has 1 aliphatic rings. The van der Waals surface area contributed by atoms with E-state index in [-0.39, 0.29) is 29.9 Å². The smallest absolute Gasteiger partial charge is 0.410 e. The lowest BCUT2D eigenvalue weighted by Gasteiger charge is -2.38. The predicted octanol–water partition coefficient (Wildman–Crippen LogP) is 4.45. The van der Waals surface area contributed by atoms with Crippen molar-refractivity contribution in [3.63, 3.8) is 0 Å². The van der Waals surface area contributed by atoms with Gasteiger partial charge in [-0.05, 0) is 37.4 Å². The number of likely N-dealkylation sites (tertiary alicyclic amines) is 1. The van der Waals surface area contributed by atoms with Crippen LogP contribution in [0.25, 0.3) is 0 Å². The number of carbonyl (C=O) groups is 1. The Kier molecular flexibility index (Phi) is 7.28. The Balaban J connectivity index is 1.99. The van der Waals surface area contributed by atoms with Crippen molar-refractivity contribution in [3.05, 3.63) is 31.4 Å². The van der Waals surface area contributed by atoms with E-state index < -0.39 is 8.32 Å². The van der Waals surface area contributed by atoms with E-state index in [1.165, 1.54) is 0 Å². The van der Waals surface area contributed by atoms with Crippen LogP contribution in [-0.2, 0) is 15.7 Å². The topological polar surface area (TPSA) is 56.6 Å². The molecule has 0 bridgehead atoms. The monoisotopic (exact) mass is 393 g/mol. The maximum atomic E-state index is 12.5. The van der Waals surface area contributed by atoms with Crippen molar-refractivity contribution in [2.45, 2.75) is 76.9 Å². The average Bonchev–Trinajstić information content (AvgIpc) is 3.21. The minimum atomic E-state index is -1.87. The Morgan fingerprint density at radius 3 is 2.74 bits per heavy atom. The third-order valence-corrected chi connectivity index (χ3v) is 10.3. The second-order valence-corrected chi connectivity index (χ2v) is 13.6. The van der Waals surface area contributed by atoms with Gasteiger partial charge in [0, 0.05) is 31.5 Å². The molecule has 1 saturated heterocycles. The third-order valence-electron chi connectivity index (χ3n) is 5.72. The number of imidazole rings is 1. The van der Waals surface area contributed by atoms with Gasteiger partial charge in [-0.15, -0.1) is 0 Å². The summed E-state index contributed by atoms with van der Waals surface area (Å²) < 4.78 is 14.0. The van der Waals surface area contributed by atoms with E-state index in [2.05, 4.69) is 50.0 Å². The van der Waals surface area contributed by atoms with E-state index in [0.29, 0.717) is 6.54 Å². The Labute approximate surface area is 164 Å². The van der Waals surface area contributed by atoms with E-state index in [1.807, 2.05) is 17.4 Å². The van der Waals surface area contributed by atoms with Crippen molar-refractivity contribution in [3.8, 4) is 0 Å². The Hall–Kier alpha value is -1.60. The summed E-state index contributed by atoms with van der Waals surface area (Å²) in [5, 5.41) is 0.153. The van der Waals surface area contributed by atoms with Gasteiger partial charge in [-0.3, -0.25) is 0 Å². The van der Waals surface area contributed by atoms with E-state index in [4.69, 9.17) is 9.16 Å². The van der Waals surface area contributed by atoms with Gasteiger partial charge in [0.25, 0.3) is 0 Å². The Bertz CT molecular complexity index is 610. The highest BCUT2D eigenvalue weighted by Gasteiger charge is 2.43. The van der Waals surface area contributed by atoms with Crippen molar-refractivity contribution in [2.24, 2.45) is 0 Å². The molecule has 1 aromatic heterocycles. The molecule has 0 radical (unpaired) electrons. The van der Waals surface area contributed by atoms with Crippen LogP contribution in [0.1, 0.15) is 40.0 Å². The van der Waals surface area contributed by atoms with Crippen LogP contribution in [-0.4, -0.2) is 54.2 Å². The summed E-state index contributed by atoms with van der Waals surface area (Å²) in [6.45, 7) is 16.6. The molecule has 1 aliphatic heterocycles. The van der Waals surface area contributed by atoms with Gasteiger partial charge < -0.3 is 18.6 Å². The largest absolute Gasteiger partial charge is 0.445 e. The van der Waals surface area contributed by atoms with Crippen molar-refractivity contribution < 1.29 is 14.0 Å². The van der Waals surface area contributed by atoms with Gasteiger partial charge in [-0.1, -0.05) is 33.4 Å². The van der Waals surface area contributed by atoms with E-state index in [1.54, 1.807) is 12.3 Å². The molecule has 1 fully saturated rings. The van der Waals surface area contributed by atoms with Gasteiger partial charge in [0.05, 0.1) is 12.4 Å². The van der Waals surface area contributed by atoms with Crippen LogP contribution < -0.4 is 0 Å². The van der Waals surface area contributed by atoms with Crippen LogP contribution in [0.3, 0.4) is 0 Å². The summed E-state index contributed by atoms with van der Waals surface area (Å²) >= 11 is 0. The highest BCUT2D eigenvalue weighted by Crippen LogP contribution is 2.39. The highest BCUT2D eigenvalue weighted by atomic mass is 28.4. The molecule has 27 heavy (non-hydrogen) atoms. The molecule has 2 rings (SSSR count). The van der Waals surface area contributed by atoms with Crippen LogP contribution in [0.4, 0.5) is 4.79 Å². The van der Waals surface area contributed by atoms with Crippen LogP contribution >= 0.6 is 0 Å². The molecule has 7 heteroatoms. The predicted molar refractivity (Wildman–Crippen MR) is 110 cm³/mol. The lowest BCUT2D eigenvalue weighted by Crippen LogP contribution is -2.44. The van der Waals surface area contributed by atoms with Gasteiger partial charge in [0.1, 0.15) is 6.61 Å². The molecule has 0 saturated carbocycles. The van der Waals surface area contributed by atoms with E-state index in [9.17, 15) is 4.79 Å². The number of rotatable bonds is 8. The summed E-state index contributed by atoms with van der Waals surface area (Å²) in [5.74, 6) is 0. The number of aryl methyl sites for hydroxylation is 1. The molecule has 1 aromatic rings. The number of hydrogen-bond donors (Lipinski definition) is 0. The van der Waals surface area contributed by atoms with Crippen LogP contribution in [0.15, 0.2) is 31.4 Å². The van der Waals surface area contributed by atoms with Gasteiger partial charge >= 0.3 is 6.09 Å². The molecular formula is C20H35N3O3Si. The van der Waals surface area contributed by atoms with Gasteiger partial charge in [-0.25, -0.2) is 9.78 Å². The molecule has 0 aromatic carbocycles. The number of aromatic nitrogens is 2. The first-order valence-corrected chi connectivity index (χ1v) is 12.7. The molecule has 2 atom stereocenters. The SMILES string of the molecule is C=CCOC(=O)N1CC(O[Si](C)(C)C(C)(C)C)CC1CCCn1ccnc1. The number of nitrogens with zero attached hydrogens (tertiary/aromatic N) is 3. The van der Waals surface area contributed by atoms with E-state index in [0.717, 1.165) is 25.8 Å². The first kappa shape index (κ1) is 21.7. The number of hydrogen-bond acceptors (Lipinski definition) is 4. The van der Waals surface area contributed by atoms with Crippen LogP contribution in [0.2, 0.25) is 18.1 Å². The zero-order chi connectivity index (χ0) is 20.1. The second-order valence-electron chi connectivity index (χ2n) is 8.85. The molecule has 1 amide bonds.